The second-order valence-electron chi connectivity index (χ2n) is 4.74. The summed E-state index contributed by atoms with van der Waals surface area (Å²) in [5.41, 5.74) is 1.09. The molecule has 7 heteroatoms. The molecule has 0 unspecified atom stereocenters. The maximum atomic E-state index is 13.3. The first-order valence-electron chi connectivity index (χ1n) is 6.39. The topological polar surface area (TPSA) is 63.6 Å². The third-order valence-corrected chi connectivity index (χ3v) is 4.62. The first kappa shape index (κ1) is 16.9. The van der Waals surface area contributed by atoms with E-state index in [9.17, 15) is 17.9 Å². The van der Waals surface area contributed by atoms with Gasteiger partial charge in [0, 0.05) is 0 Å². The summed E-state index contributed by atoms with van der Waals surface area (Å²) < 4.78 is 42.1. The molecule has 22 heavy (non-hydrogen) atoms. The van der Waals surface area contributed by atoms with Gasteiger partial charge in [0.1, 0.15) is 11.9 Å². The van der Waals surface area contributed by atoms with Gasteiger partial charge in [0.15, 0.2) is 0 Å². The highest BCUT2D eigenvalue weighted by molar-refractivity contribution is 7.86. The van der Waals surface area contributed by atoms with Gasteiger partial charge in [-0.3, -0.25) is 4.18 Å². The van der Waals surface area contributed by atoms with Gasteiger partial charge in [-0.2, -0.15) is 8.42 Å². The molecule has 4 nitrogen and oxygen atoms in total. The standard InChI is InChI=1S/C15H14ClFO4S/c1-10-2-5-12(6-3-10)22(19,20)21-9-15(18)11-4-7-13(16)14(17)8-11/h2-8,15,18H,9H2,1H3/t15-/m0/s1. The van der Waals surface area contributed by atoms with Crippen molar-refractivity contribution in [2.45, 2.75) is 17.9 Å². The Morgan fingerprint density at radius 3 is 2.45 bits per heavy atom. The fraction of sp³-hybridized carbons (Fsp3) is 0.200. The van der Waals surface area contributed by atoms with Crippen molar-refractivity contribution in [1.29, 1.82) is 0 Å². The molecule has 0 bridgehead atoms. The van der Waals surface area contributed by atoms with Crippen LogP contribution >= 0.6 is 11.6 Å². The van der Waals surface area contributed by atoms with Crippen LogP contribution < -0.4 is 0 Å². The number of benzene rings is 2. The van der Waals surface area contributed by atoms with Crippen LogP contribution in [0.3, 0.4) is 0 Å². The van der Waals surface area contributed by atoms with Crippen LogP contribution in [0.1, 0.15) is 17.2 Å². The SMILES string of the molecule is Cc1ccc(S(=O)(=O)OC[C@H](O)c2ccc(Cl)c(F)c2)cc1. The molecule has 0 radical (unpaired) electrons. The van der Waals surface area contributed by atoms with E-state index in [1.54, 1.807) is 12.1 Å². The average molecular weight is 345 g/mol. The first-order valence-corrected chi connectivity index (χ1v) is 8.17. The molecule has 118 valence electrons. The summed E-state index contributed by atoms with van der Waals surface area (Å²) >= 11 is 5.54. The summed E-state index contributed by atoms with van der Waals surface area (Å²) in [4.78, 5) is -0.00686. The fourth-order valence-corrected chi connectivity index (χ4v) is 2.77. The molecule has 0 amide bonds. The lowest BCUT2D eigenvalue weighted by Gasteiger charge is -2.12. The van der Waals surface area contributed by atoms with Gasteiger partial charge in [0.05, 0.1) is 16.5 Å². The van der Waals surface area contributed by atoms with E-state index in [1.165, 1.54) is 24.3 Å². The maximum absolute atomic E-state index is 13.3. The van der Waals surface area contributed by atoms with Gasteiger partial charge in [-0.05, 0) is 36.8 Å². The van der Waals surface area contributed by atoms with Crippen LogP contribution in [0.2, 0.25) is 5.02 Å². The molecule has 0 aliphatic carbocycles. The van der Waals surface area contributed by atoms with Gasteiger partial charge in [-0.15, -0.1) is 0 Å². The van der Waals surface area contributed by atoms with E-state index in [0.29, 0.717) is 0 Å². The average Bonchev–Trinajstić information content (AvgIpc) is 2.48. The monoisotopic (exact) mass is 344 g/mol. The van der Waals surface area contributed by atoms with Crippen LogP contribution in [0.4, 0.5) is 4.39 Å². The van der Waals surface area contributed by atoms with E-state index in [1.807, 2.05) is 6.92 Å². The van der Waals surface area contributed by atoms with Gasteiger partial charge in [0.25, 0.3) is 10.1 Å². The van der Waals surface area contributed by atoms with Crippen molar-refractivity contribution < 1.29 is 22.1 Å². The van der Waals surface area contributed by atoms with Crippen LogP contribution in [0.5, 0.6) is 0 Å². The Morgan fingerprint density at radius 1 is 1.23 bits per heavy atom. The number of hydrogen-bond acceptors (Lipinski definition) is 4. The number of aryl methyl sites for hydroxylation is 1. The molecule has 2 aromatic rings. The molecule has 0 fully saturated rings. The molecule has 1 atom stereocenters. The minimum absolute atomic E-state index is 0.00686. The number of aliphatic hydroxyl groups excluding tert-OH is 1. The van der Waals surface area contributed by atoms with Crippen LogP contribution in [0.25, 0.3) is 0 Å². The Balaban J connectivity index is 2.07. The Morgan fingerprint density at radius 2 is 1.86 bits per heavy atom. The maximum Gasteiger partial charge on any atom is 0.297 e. The zero-order valence-corrected chi connectivity index (χ0v) is 13.2. The minimum Gasteiger partial charge on any atom is -0.386 e. The summed E-state index contributed by atoms with van der Waals surface area (Å²) in [5.74, 6) is -0.695. The van der Waals surface area contributed by atoms with Crippen molar-refractivity contribution in [3.05, 3.63) is 64.4 Å². The highest BCUT2D eigenvalue weighted by atomic mass is 35.5. The summed E-state index contributed by atoms with van der Waals surface area (Å²) in [6.45, 7) is 1.31. The van der Waals surface area contributed by atoms with E-state index in [2.05, 4.69) is 0 Å². The van der Waals surface area contributed by atoms with Crippen LogP contribution in [0, 0.1) is 12.7 Å². The molecule has 1 N–H and O–H groups in total. The molecular formula is C15H14ClFO4S. The van der Waals surface area contributed by atoms with Gasteiger partial charge in [-0.1, -0.05) is 35.4 Å². The second-order valence-corrected chi connectivity index (χ2v) is 6.76. The number of hydrogen-bond donors (Lipinski definition) is 1. The third-order valence-electron chi connectivity index (χ3n) is 3.02. The predicted molar refractivity (Wildman–Crippen MR) is 80.7 cm³/mol. The normalized spacial score (nSPS) is 13.1. The van der Waals surface area contributed by atoms with Crippen molar-refractivity contribution in [2.75, 3.05) is 6.61 Å². The highest BCUT2D eigenvalue weighted by Gasteiger charge is 2.18. The van der Waals surface area contributed by atoms with Crippen molar-refractivity contribution >= 4 is 21.7 Å². The summed E-state index contributed by atoms with van der Waals surface area (Å²) in [7, 11) is -3.98. The Hall–Kier alpha value is -1.47. The molecule has 0 aromatic heterocycles. The molecule has 0 heterocycles. The first-order chi connectivity index (χ1) is 10.3. The van der Waals surface area contributed by atoms with E-state index in [0.717, 1.165) is 11.6 Å². The quantitative estimate of drug-likeness (QED) is 0.846. The summed E-state index contributed by atoms with van der Waals surface area (Å²) in [6, 6.07) is 9.83. The molecule has 0 saturated carbocycles. The third kappa shape index (κ3) is 4.04. The number of halogens is 2. The zero-order chi connectivity index (χ0) is 16.3. The summed E-state index contributed by atoms with van der Waals surface area (Å²) in [6.07, 6.45) is -1.29. The predicted octanol–water partition coefficient (Wildman–Crippen LogP) is 3.23. The van der Waals surface area contributed by atoms with Crippen molar-refractivity contribution in [3.8, 4) is 0 Å². The minimum atomic E-state index is -3.98. The van der Waals surface area contributed by atoms with Crippen molar-refractivity contribution in [2.24, 2.45) is 0 Å². The Labute approximate surface area is 133 Å². The lowest BCUT2D eigenvalue weighted by Crippen LogP contribution is -2.13. The van der Waals surface area contributed by atoms with E-state index >= 15 is 0 Å². The van der Waals surface area contributed by atoms with E-state index in [-0.39, 0.29) is 15.5 Å². The lowest BCUT2D eigenvalue weighted by molar-refractivity contribution is 0.111. The van der Waals surface area contributed by atoms with Gasteiger partial charge in [-0.25, -0.2) is 4.39 Å². The number of rotatable bonds is 5. The van der Waals surface area contributed by atoms with E-state index < -0.39 is 28.6 Å². The highest BCUT2D eigenvalue weighted by Crippen LogP contribution is 2.22. The zero-order valence-electron chi connectivity index (χ0n) is 11.7. The molecule has 0 aliphatic heterocycles. The molecule has 2 rings (SSSR count). The molecular weight excluding hydrogens is 331 g/mol. The molecule has 0 aliphatic rings. The molecule has 2 aromatic carbocycles. The van der Waals surface area contributed by atoms with Crippen molar-refractivity contribution in [1.82, 2.24) is 0 Å². The van der Waals surface area contributed by atoms with Gasteiger partial charge >= 0.3 is 0 Å². The largest absolute Gasteiger partial charge is 0.386 e. The summed E-state index contributed by atoms with van der Waals surface area (Å²) in [5, 5.41) is 9.81. The fourth-order valence-electron chi connectivity index (χ4n) is 1.74. The van der Waals surface area contributed by atoms with Crippen molar-refractivity contribution in [3.63, 3.8) is 0 Å². The van der Waals surface area contributed by atoms with Gasteiger partial charge < -0.3 is 5.11 Å². The Bertz CT molecular complexity index is 760. The number of aliphatic hydroxyl groups is 1. The molecule has 0 saturated heterocycles. The van der Waals surface area contributed by atoms with Crippen LogP contribution in [0.15, 0.2) is 47.4 Å². The second kappa shape index (κ2) is 6.75. The van der Waals surface area contributed by atoms with Gasteiger partial charge in [0.2, 0.25) is 0 Å². The lowest BCUT2D eigenvalue weighted by atomic mass is 10.1. The Kier molecular flexibility index (Phi) is 5.18. The van der Waals surface area contributed by atoms with E-state index in [4.69, 9.17) is 15.8 Å². The molecule has 0 spiro atoms. The smallest absolute Gasteiger partial charge is 0.297 e. The van der Waals surface area contributed by atoms with Crippen LogP contribution in [-0.2, 0) is 14.3 Å². The van der Waals surface area contributed by atoms with Crippen LogP contribution in [-0.4, -0.2) is 20.1 Å².